The zero-order valence-corrected chi connectivity index (χ0v) is 21.1. The summed E-state index contributed by atoms with van der Waals surface area (Å²) in [4.78, 5) is 16.2. The van der Waals surface area contributed by atoms with Crippen molar-refractivity contribution in [2.45, 2.75) is 44.6 Å². The highest BCUT2D eigenvalue weighted by atomic mass is 35.5. The molecule has 2 aromatic carbocycles. The molecule has 36 heavy (non-hydrogen) atoms. The van der Waals surface area contributed by atoms with Crippen LogP contribution in [0.1, 0.15) is 24.8 Å². The number of hydrogen-bond acceptors (Lipinski definition) is 7. The number of halogens is 2. The second-order valence-electron chi connectivity index (χ2n) is 8.69. The summed E-state index contributed by atoms with van der Waals surface area (Å²) in [7, 11) is 0. The second-order valence-corrected chi connectivity index (χ2v) is 9.46. The van der Waals surface area contributed by atoms with Crippen LogP contribution in [-0.2, 0) is 17.9 Å². The fourth-order valence-corrected chi connectivity index (χ4v) is 4.36. The molecule has 0 bridgehead atoms. The number of nitrogens with zero attached hydrogens (tertiary/aromatic N) is 4. The Kier molecular flexibility index (Phi) is 9.03. The van der Waals surface area contributed by atoms with Crippen molar-refractivity contribution in [1.29, 1.82) is 0 Å². The van der Waals surface area contributed by atoms with Gasteiger partial charge >= 0.3 is 11.1 Å². The molecule has 0 spiro atoms. The van der Waals surface area contributed by atoms with Crippen molar-refractivity contribution in [3.05, 3.63) is 80.7 Å². The summed E-state index contributed by atoms with van der Waals surface area (Å²) in [5, 5.41) is 21.7. The summed E-state index contributed by atoms with van der Waals surface area (Å²) in [6.07, 6.45) is 2.98. The number of piperidine rings is 1. The number of hydrogen-bond donors (Lipinski definition) is 1. The monoisotopic (exact) mass is 534 g/mol. The minimum Gasteiger partial charge on any atom is -0.491 e. The fraction of sp³-hybridized carbons (Fsp3) is 0.400. The number of rotatable bonds is 11. The molecule has 9 nitrogen and oxygen atoms in total. The van der Waals surface area contributed by atoms with Crippen molar-refractivity contribution in [3.63, 3.8) is 0 Å². The van der Waals surface area contributed by atoms with Gasteiger partial charge in [-0.1, -0.05) is 23.7 Å². The molecule has 3 aromatic rings. The molecule has 192 valence electrons. The van der Waals surface area contributed by atoms with Crippen LogP contribution in [0.25, 0.3) is 0 Å². The number of aliphatic hydroxyl groups is 1. The maximum Gasteiger partial charge on any atom is 0.383 e. The SMILES string of the molecule is O=[N+]([O-])c1cn(CCC(O)COc2ccc(N3CCC(OCc4ccc(Cl)cc4)CC3)cc2)c(Cl)n1. The van der Waals surface area contributed by atoms with Gasteiger partial charge in [0, 0.05) is 30.3 Å². The Labute approximate surface area is 219 Å². The number of aromatic nitrogens is 2. The van der Waals surface area contributed by atoms with E-state index in [4.69, 9.17) is 32.7 Å². The van der Waals surface area contributed by atoms with Crippen LogP contribution in [0.3, 0.4) is 0 Å². The van der Waals surface area contributed by atoms with E-state index in [9.17, 15) is 15.2 Å². The number of imidazole rings is 1. The average molecular weight is 535 g/mol. The van der Waals surface area contributed by atoms with Crippen LogP contribution in [0.2, 0.25) is 10.3 Å². The van der Waals surface area contributed by atoms with Gasteiger partial charge in [-0.2, -0.15) is 0 Å². The van der Waals surface area contributed by atoms with Crippen molar-refractivity contribution < 1.29 is 19.5 Å². The molecule has 1 aromatic heterocycles. The first kappa shape index (κ1) is 26.2. The average Bonchev–Trinajstić information content (AvgIpc) is 3.27. The Bertz CT molecular complexity index is 1130. The van der Waals surface area contributed by atoms with Gasteiger partial charge in [0.1, 0.15) is 18.6 Å². The maximum absolute atomic E-state index is 10.8. The Hall–Kier alpha value is -2.85. The molecule has 4 rings (SSSR count). The molecule has 1 N–H and O–H groups in total. The summed E-state index contributed by atoms with van der Waals surface area (Å²) in [6.45, 7) is 2.82. The van der Waals surface area contributed by atoms with E-state index in [0.717, 1.165) is 42.2 Å². The van der Waals surface area contributed by atoms with E-state index in [1.54, 1.807) is 0 Å². The topological polar surface area (TPSA) is 103 Å². The summed E-state index contributed by atoms with van der Waals surface area (Å²) in [5.41, 5.74) is 2.24. The van der Waals surface area contributed by atoms with Gasteiger partial charge in [-0.25, -0.2) is 0 Å². The van der Waals surface area contributed by atoms with Gasteiger partial charge in [0.2, 0.25) is 0 Å². The van der Waals surface area contributed by atoms with Crippen LogP contribution >= 0.6 is 23.2 Å². The standard InChI is InChI=1S/C25H28Cl2N4O5/c26-19-3-1-18(2-4-19)16-35-23-10-13-29(14-11-23)20-5-7-22(8-6-20)36-17-21(32)9-12-30-15-24(31(33)34)28-25(30)27/h1-8,15,21,23,32H,9-14,16-17H2. The zero-order valence-electron chi connectivity index (χ0n) is 19.6. The quantitative estimate of drug-likeness (QED) is 0.269. The number of aryl methyl sites for hydroxylation is 1. The third kappa shape index (κ3) is 7.33. The molecule has 2 heterocycles. The summed E-state index contributed by atoms with van der Waals surface area (Å²) in [6, 6.07) is 15.5. The first-order valence-corrected chi connectivity index (χ1v) is 12.5. The first-order chi connectivity index (χ1) is 17.4. The third-order valence-corrected chi connectivity index (χ3v) is 6.64. The van der Waals surface area contributed by atoms with Crippen LogP contribution in [0.5, 0.6) is 5.75 Å². The molecule has 1 aliphatic rings. The lowest BCUT2D eigenvalue weighted by Crippen LogP contribution is -2.36. The van der Waals surface area contributed by atoms with Crippen LogP contribution in [-0.4, -0.2) is 51.5 Å². The molecule has 0 saturated carbocycles. The van der Waals surface area contributed by atoms with Crippen molar-refractivity contribution in [2.75, 3.05) is 24.6 Å². The lowest BCUT2D eigenvalue weighted by molar-refractivity contribution is -0.389. The van der Waals surface area contributed by atoms with E-state index >= 15 is 0 Å². The van der Waals surface area contributed by atoms with Gasteiger partial charge in [0.05, 0.1) is 18.8 Å². The van der Waals surface area contributed by atoms with Gasteiger partial charge in [0.25, 0.3) is 0 Å². The maximum atomic E-state index is 10.8. The summed E-state index contributed by atoms with van der Waals surface area (Å²) < 4.78 is 13.2. The van der Waals surface area contributed by atoms with Crippen molar-refractivity contribution >= 4 is 34.7 Å². The van der Waals surface area contributed by atoms with E-state index in [1.807, 2.05) is 48.5 Å². The highest BCUT2D eigenvalue weighted by molar-refractivity contribution is 6.30. The van der Waals surface area contributed by atoms with Gasteiger partial charge in [-0.3, -0.25) is 4.57 Å². The summed E-state index contributed by atoms with van der Waals surface area (Å²) in [5.74, 6) is 0.343. The molecule has 0 radical (unpaired) electrons. The van der Waals surface area contributed by atoms with E-state index < -0.39 is 11.0 Å². The van der Waals surface area contributed by atoms with E-state index in [2.05, 4.69) is 9.88 Å². The van der Waals surface area contributed by atoms with Crippen molar-refractivity contribution in [1.82, 2.24) is 9.55 Å². The Morgan fingerprint density at radius 1 is 1.11 bits per heavy atom. The number of benzene rings is 2. The van der Waals surface area contributed by atoms with Gasteiger partial charge < -0.3 is 29.6 Å². The number of anilines is 1. The van der Waals surface area contributed by atoms with E-state index in [-0.39, 0.29) is 23.8 Å². The van der Waals surface area contributed by atoms with Crippen molar-refractivity contribution in [2.24, 2.45) is 0 Å². The normalized spacial score (nSPS) is 15.1. The van der Waals surface area contributed by atoms with Crippen molar-refractivity contribution in [3.8, 4) is 5.75 Å². The summed E-state index contributed by atoms with van der Waals surface area (Å²) >= 11 is 11.8. The minimum absolute atomic E-state index is 0.0163. The number of nitro groups is 1. The molecule has 1 aliphatic heterocycles. The first-order valence-electron chi connectivity index (χ1n) is 11.8. The molecule has 1 unspecified atom stereocenters. The smallest absolute Gasteiger partial charge is 0.383 e. The molecular formula is C25H28Cl2N4O5. The van der Waals surface area contributed by atoms with Gasteiger partial charge in [-0.15, -0.1) is 0 Å². The van der Waals surface area contributed by atoms with E-state index in [0.29, 0.717) is 25.3 Å². The molecule has 1 atom stereocenters. The highest BCUT2D eigenvalue weighted by Crippen LogP contribution is 2.25. The fourth-order valence-electron chi connectivity index (χ4n) is 4.02. The second kappa shape index (κ2) is 12.4. The molecule has 0 aliphatic carbocycles. The lowest BCUT2D eigenvalue weighted by atomic mass is 10.1. The third-order valence-electron chi connectivity index (χ3n) is 6.09. The molecule has 0 amide bonds. The predicted molar refractivity (Wildman–Crippen MR) is 138 cm³/mol. The Morgan fingerprint density at radius 2 is 1.81 bits per heavy atom. The molecule has 1 saturated heterocycles. The van der Waals surface area contributed by atoms with Crippen LogP contribution in [0, 0.1) is 10.1 Å². The Balaban J connectivity index is 1.16. The molecular weight excluding hydrogens is 507 g/mol. The zero-order chi connectivity index (χ0) is 25.5. The number of aliphatic hydroxyl groups excluding tert-OH is 1. The lowest BCUT2D eigenvalue weighted by Gasteiger charge is -2.33. The molecule has 11 heteroatoms. The Morgan fingerprint density at radius 3 is 2.44 bits per heavy atom. The largest absolute Gasteiger partial charge is 0.491 e. The number of ether oxygens (including phenoxy) is 2. The molecule has 1 fully saturated rings. The minimum atomic E-state index is -0.755. The van der Waals surface area contributed by atoms with Gasteiger partial charge in [-0.05, 0) is 82.7 Å². The van der Waals surface area contributed by atoms with Crippen LogP contribution in [0.4, 0.5) is 11.5 Å². The highest BCUT2D eigenvalue weighted by Gasteiger charge is 2.20. The van der Waals surface area contributed by atoms with E-state index in [1.165, 1.54) is 10.8 Å². The van der Waals surface area contributed by atoms with Crippen LogP contribution in [0.15, 0.2) is 54.7 Å². The van der Waals surface area contributed by atoms with Gasteiger partial charge in [0.15, 0.2) is 0 Å². The van der Waals surface area contributed by atoms with Crippen LogP contribution < -0.4 is 9.64 Å². The predicted octanol–water partition coefficient (Wildman–Crippen LogP) is 5.11.